The highest BCUT2D eigenvalue weighted by atomic mass is 35.5. The van der Waals surface area contributed by atoms with Gasteiger partial charge in [-0.25, -0.2) is 0 Å². The molecule has 0 fully saturated rings. The van der Waals surface area contributed by atoms with Gasteiger partial charge >= 0.3 is 6.18 Å². The zero-order valence-corrected chi connectivity index (χ0v) is 10.8. The second-order valence-electron chi connectivity index (χ2n) is 3.99. The Bertz CT molecular complexity index is 429. The molecule has 1 heterocycles. The molecule has 0 saturated carbocycles. The standard InChI is InChI=1S/C11H14ClF3N2O2/c1-16-3-2-8(18)10(19)9-7(12)4-6(5-17-9)11(13,14)15/h4-5,8,10,16,18-19H,2-3H2,1H3. The highest BCUT2D eigenvalue weighted by molar-refractivity contribution is 6.31. The van der Waals surface area contributed by atoms with Gasteiger partial charge in [-0.15, -0.1) is 0 Å². The second-order valence-corrected chi connectivity index (χ2v) is 4.40. The van der Waals surface area contributed by atoms with E-state index in [0.717, 1.165) is 0 Å². The maximum Gasteiger partial charge on any atom is 0.417 e. The molecule has 0 aromatic carbocycles. The van der Waals surface area contributed by atoms with Crippen molar-refractivity contribution in [3.8, 4) is 0 Å². The van der Waals surface area contributed by atoms with Crippen LogP contribution < -0.4 is 5.32 Å². The average Bonchev–Trinajstić information content (AvgIpc) is 2.33. The molecule has 0 aliphatic heterocycles. The minimum atomic E-state index is -4.55. The van der Waals surface area contributed by atoms with Crippen molar-refractivity contribution in [3.63, 3.8) is 0 Å². The highest BCUT2D eigenvalue weighted by Crippen LogP contribution is 2.33. The van der Waals surface area contributed by atoms with Gasteiger partial charge in [0.1, 0.15) is 6.10 Å². The molecule has 2 unspecified atom stereocenters. The van der Waals surface area contributed by atoms with Crippen LogP contribution in [0.5, 0.6) is 0 Å². The quantitative estimate of drug-likeness (QED) is 0.775. The zero-order chi connectivity index (χ0) is 14.6. The molecule has 0 saturated heterocycles. The molecule has 2 atom stereocenters. The van der Waals surface area contributed by atoms with E-state index in [1.807, 2.05) is 0 Å². The molecule has 108 valence electrons. The van der Waals surface area contributed by atoms with Crippen molar-refractivity contribution in [3.05, 3.63) is 28.5 Å². The van der Waals surface area contributed by atoms with E-state index in [4.69, 9.17) is 11.6 Å². The predicted molar refractivity (Wildman–Crippen MR) is 63.8 cm³/mol. The molecule has 3 N–H and O–H groups in total. The van der Waals surface area contributed by atoms with Crippen LogP contribution >= 0.6 is 11.6 Å². The van der Waals surface area contributed by atoms with Gasteiger partial charge in [0.05, 0.1) is 22.4 Å². The lowest BCUT2D eigenvalue weighted by atomic mass is 10.1. The Balaban J connectivity index is 2.90. The first-order valence-corrected chi connectivity index (χ1v) is 5.88. The van der Waals surface area contributed by atoms with Crippen LogP contribution in [-0.2, 0) is 6.18 Å². The Morgan fingerprint density at radius 2 is 2.05 bits per heavy atom. The second kappa shape index (κ2) is 6.51. The lowest BCUT2D eigenvalue weighted by Crippen LogP contribution is -2.24. The van der Waals surface area contributed by atoms with E-state index in [-0.39, 0.29) is 17.1 Å². The smallest absolute Gasteiger partial charge is 0.390 e. The molecule has 0 amide bonds. The van der Waals surface area contributed by atoms with Gasteiger partial charge in [-0.2, -0.15) is 13.2 Å². The number of halogens is 4. The van der Waals surface area contributed by atoms with Crippen LogP contribution in [0.2, 0.25) is 5.02 Å². The van der Waals surface area contributed by atoms with E-state index < -0.39 is 23.9 Å². The molecule has 19 heavy (non-hydrogen) atoms. The summed E-state index contributed by atoms with van der Waals surface area (Å²) < 4.78 is 37.2. The van der Waals surface area contributed by atoms with Gasteiger partial charge in [-0.05, 0) is 26.1 Å². The summed E-state index contributed by atoms with van der Waals surface area (Å²) in [4.78, 5) is 3.49. The van der Waals surface area contributed by atoms with Gasteiger partial charge in [0.2, 0.25) is 0 Å². The molecule has 8 heteroatoms. The fourth-order valence-corrected chi connectivity index (χ4v) is 1.73. The summed E-state index contributed by atoms with van der Waals surface area (Å²) in [6, 6.07) is 0.678. The van der Waals surface area contributed by atoms with Gasteiger partial charge in [0.25, 0.3) is 0 Å². The van der Waals surface area contributed by atoms with Crippen LogP contribution in [0.25, 0.3) is 0 Å². The lowest BCUT2D eigenvalue weighted by molar-refractivity contribution is -0.137. The summed E-state index contributed by atoms with van der Waals surface area (Å²) in [5, 5.41) is 21.9. The van der Waals surface area contributed by atoms with Crippen molar-refractivity contribution in [2.75, 3.05) is 13.6 Å². The number of pyridine rings is 1. The van der Waals surface area contributed by atoms with E-state index >= 15 is 0 Å². The minimum absolute atomic E-state index is 0.168. The monoisotopic (exact) mass is 298 g/mol. The molecule has 0 radical (unpaired) electrons. The Hall–Kier alpha value is -0.890. The summed E-state index contributed by atoms with van der Waals surface area (Å²) in [7, 11) is 1.67. The maximum atomic E-state index is 12.4. The van der Waals surface area contributed by atoms with Crippen molar-refractivity contribution in [1.29, 1.82) is 0 Å². The number of rotatable bonds is 5. The fourth-order valence-electron chi connectivity index (χ4n) is 1.45. The summed E-state index contributed by atoms with van der Waals surface area (Å²) in [5.74, 6) is 0. The van der Waals surface area contributed by atoms with E-state index in [2.05, 4.69) is 10.3 Å². The van der Waals surface area contributed by atoms with Crippen molar-refractivity contribution < 1.29 is 23.4 Å². The number of aliphatic hydroxyl groups is 2. The van der Waals surface area contributed by atoms with Gasteiger partial charge < -0.3 is 15.5 Å². The van der Waals surface area contributed by atoms with Gasteiger partial charge in [0, 0.05) is 6.20 Å². The van der Waals surface area contributed by atoms with Crippen molar-refractivity contribution in [2.24, 2.45) is 0 Å². The van der Waals surface area contributed by atoms with Gasteiger partial charge in [-0.1, -0.05) is 11.6 Å². The largest absolute Gasteiger partial charge is 0.417 e. The molecular weight excluding hydrogens is 285 g/mol. The molecule has 1 aromatic heterocycles. The Morgan fingerprint density at radius 1 is 1.42 bits per heavy atom. The van der Waals surface area contributed by atoms with E-state index in [1.165, 1.54) is 0 Å². The molecule has 0 bridgehead atoms. The first kappa shape index (κ1) is 16.2. The van der Waals surface area contributed by atoms with Crippen LogP contribution in [0.1, 0.15) is 23.8 Å². The van der Waals surface area contributed by atoms with Crippen molar-refractivity contribution in [1.82, 2.24) is 10.3 Å². The lowest BCUT2D eigenvalue weighted by Gasteiger charge is -2.18. The summed E-state index contributed by atoms with van der Waals surface area (Å²) >= 11 is 5.66. The van der Waals surface area contributed by atoms with Gasteiger partial charge in [-0.3, -0.25) is 4.98 Å². The van der Waals surface area contributed by atoms with Crippen LogP contribution in [0.15, 0.2) is 12.3 Å². The highest BCUT2D eigenvalue weighted by Gasteiger charge is 2.32. The number of hydrogen-bond acceptors (Lipinski definition) is 4. The number of hydrogen-bond donors (Lipinski definition) is 3. The third-order valence-corrected chi connectivity index (χ3v) is 2.83. The molecule has 1 aromatic rings. The summed E-state index contributed by atoms with van der Waals surface area (Å²) in [6.45, 7) is 0.441. The number of alkyl halides is 3. The van der Waals surface area contributed by atoms with Crippen LogP contribution in [0, 0.1) is 0 Å². The van der Waals surface area contributed by atoms with E-state index in [9.17, 15) is 23.4 Å². The Kier molecular flexibility index (Phi) is 5.54. The van der Waals surface area contributed by atoms with E-state index in [1.54, 1.807) is 7.05 Å². The van der Waals surface area contributed by atoms with Gasteiger partial charge in [0.15, 0.2) is 0 Å². The molecule has 0 aliphatic rings. The number of nitrogens with one attached hydrogen (secondary N) is 1. The Labute approximate surface area is 113 Å². The van der Waals surface area contributed by atoms with Crippen LogP contribution in [-0.4, -0.2) is 34.9 Å². The average molecular weight is 299 g/mol. The molecule has 0 spiro atoms. The summed E-state index contributed by atoms with van der Waals surface area (Å²) in [6.07, 6.45) is -6.34. The fraction of sp³-hybridized carbons (Fsp3) is 0.545. The SMILES string of the molecule is CNCCC(O)C(O)c1ncc(C(F)(F)F)cc1Cl. The maximum absolute atomic E-state index is 12.4. The third-order valence-electron chi connectivity index (χ3n) is 2.53. The van der Waals surface area contributed by atoms with E-state index in [0.29, 0.717) is 18.8 Å². The normalized spacial score (nSPS) is 15.3. The first-order valence-electron chi connectivity index (χ1n) is 5.50. The predicted octanol–water partition coefficient (Wildman–Crippen LogP) is 1.76. The van der Waals surface area contributed by atoms with Crippen LogP contribution in [0.3, 0.4) is 0 Å². The molecule has 1 rings (SSSR count). The number of nitrogens with zero attached hydrogens (tertiary/aromatic N) is 1. The zero-order valence-electron chi connectivity index (χ0n) is 10.1. The van der Waals surface area contributed by atoms with Crippen LogP contribution in [0.4, 0.5) is 13.2 Å². The Morgan fingerprint density at radius 3 is 2.53 bits per heavy atom. The number of aromatic nitrogens is 1. The molecule has 4 nitrogen and oxygen atoms in total. The topological polar surface area (TPSA) is 65.4 Å². The molecule has 0 aliphatic carbocycles. The first-order chi connectivity index (χ1) is 8.77. The van der Waals surface area contributed by atoms with Crippen molar-refractivity contribution >= 4 is 11.6 Å². The third kappa shape index (κ3) is 4.31. The number of aliphatic hydroxyl groups excluding tert-OH is 2. The van der Waals surface area contributed by atoms with Crippen molar-refractivity contribution in [2.45, 2.75) is 24.8 Å². The summed E-state index contributed by atoms with van der Waals surface area (Å²) in [5.41, 5.74) is -1.17. The minimum Gasteiger partial charge on any atom is -0.390 e. The molecular formula is C11H14ClF3N2O2.